The van der Waals surface area contributed by atoms with Gasteiger partial charge in [0.05, 0.1) is 13.2 Å². The second-order valence-electron chi connectivity index (χ2n) is 6.67. The minimum Gasteiger partial charge on any atom is -0.379 e. The summed E-state index contributed by atoms with van der Waals surface area (Å²) in [4.78, 5) is 12.1. The summed E-state index contributed by atoms with van der Waals surface area (Å²) >= 11 is 0. The van der Waals surface area contributed by atoms with Gasteiger partial charge in [-0.3, -0.25) is 4.79 Å². The van der Waals surface area contributed by atoms with Gasteiger partial charge in [-0.25, -0.2) is 0 Å². The molecule has 0 spiro atoms. The van der Waals surface area contributed by atoms with Gasteiger partial charge >= 0.3 is 6.16 Å². The summed E-state index contributed by atoms with van der Waals surface area (Å²) in [6, 6.07) is 7.93. The predicted molar refractivity (Wildman–Crippen MR) is 103 cm³/mol. The summed E-state index contributed by atoms with van der Waals surface area (Å²) in [5.41, 5.74) is 2.05. The molecule has 0 aliphatic heterocycles. The minimum absolute atomic E-state index is 0.0307. The topological polar surface area (TPSA) is 75.2 Å². The number of anilines is 1. The predicted octanol–water partition coefficient (Wildman–Crippen LogP) is 3.36. The number of benzene rings is 1. The molecule has 1 aromatic rings. The molecular formula is C20H33NO6. The number of rotatable bonds is 13. The first-order chi connectivity index (χ1) is 12.9. The van der Waals surface area contributed by atoms with Crippen molar-refractivity contribution in [3.63, 3.8) is 0 Å². The smallest absolute Gasteiger partial charge is 0.379 e. The van der Waals surface area contributed by atoms with Gasteiger partial charge in [-0.15, -0.1) is 0 Å². The first-order valence-corrected chi connectivity index (χ1v) is 9.12. The number of hydrogen-bond acceptors (Lipinski definition) is 6. The molecule has 1 atom stereocenters. The van der Waals surface area contributed by atoms with Crippen LogP contribution >= 0.6 is 0 Å². The van der Waals surface area contributed by atoms with E-state index in [9.17, 15) is 4.79 Å². The van der Waals surface area contributed by atoms with Crippen LogP contribution in [-0.2, 0) is 28.5 Å². The lowest BCUT2D eigenvalue weighted by Gasteiger charge is -2.27. The quantitative estimate of drug-likeness (QED) is 0.416. The van der Waals surface area contributed by atoms with Crippen LogP contribution in [0.4, 0.5) is 5.69 Å². The van der Waals surface area contributed by atoms with Crippen LogP contribution in [0.5, 0.6) is 0 Å². The van der Waals surface area contributed by atoms with Crippen LogP contribution in [0.25, 0.3) is 0 Å². The second-order valence-corrected chi connectivity index (χ2v) is 6.67. The van der Waals surface area contributed by atoms with Crippen LogP contribution in [0, 0.1) is 5.92 Å². The molecule has 0 heterocycles. The highest BCUT2D eigenvalue weighted by atomic mass is 17.0. The summed E-state index contributed by atoms with van der Waals surface area (Å²) in [6.07, 6.45) is -1.13. The summed E-state index contributed by atoms with van der Waals surface area (Å²) in [6.45, 7) is 7.26. The lowest BCUT2D eigenvalue weighted by molar-refractivity contribution is -0.480. The maximum atomic E-state index is 12.1. The maximum absolute atomic E-state index is 12.1. The Hall–Kier alpha value is -1.51. The first kappa shape index (κ1) is 23.5. The molecule has 154 valence electrons. The molecule has 1 unspecified atom stereocenters. The molecule has 0 aliphatic rings. The molecule has 0 bridgehead atoms. The zero-order valence-electron chi connectivity index (χ0n) is 17.2. The van der Waals surface area contributed by atoms with Gasteiger partial charge in [-0.2, -0.15) is 0 Å². The Morgan fingerprint density at radius 1 is 1.00 bits per heavy atom. The second kappa shape index (κ2) is 12.0. The molecule has 7 nitrogen and oxygen atoms in total. The molecule has 0 saturated carbocycles. The fourth-order valence-corrected chi connectivity index (χ4v) is 2.48. The fourth-order valence-electron chi connectivity index (χ4n) is 2.48. The van der Waals surface area contributed by atoms with Crippen LogP contribution in [0.2, 0.25) is 0 Å². The van der Waals surface area contributed by atoms with Crippen LogP contribution in [0.15, 0.2) is 24.3 Å². The van der Waals surface area contributed by atoms with Crippen molar-refractivity contribution < 1.29 is 28.5 Å². The van der Waals surface area contributed by atoms with E-state index in [1.54, 1.807) is 0 Å². The largest absolute Gasteiger partial charge is 0.411 e. The molecule has 7 heteroatoms. The van der Waals surface area contributed by atoms with Gasteiger partial charge in [0, 0.05) is 40.0 Å². The average molecular weight is 383 g/mol. The van der Waals surface area contributed by atoms with E-state index < -0.39 is 6.16 Å². The van der Waals surface area contributed by atoms with E-state index in [1.165, 1.54) is 26.9 Å². The molecule has 0 radical (unpaired) electrons. The van der Waals surface area contributed by atoms with Crippen molar-refractivity contribution >= 4 is 11.6 Å². The standard InChI is InChI=1S/C20H33NO6/c1-15(2)17-7-9-18(10-8-17)21-19(22)13-16(3)14-26-11-12-27-20(23-4,24-5)25-6/h7-10,15-16H,11-14H2,1-6H3,(H,21,22). The number of nitrogens with one attached hydrogen (secondary N) is 1. The average Bonchev–Trinajstić information content (AvgIpc) is 2.65. The Morgan fingerprint density at radius 3 is 2.11 bits per heavy atom. The molecule has 1 aromatic carbocycles. The molecule has 1 amide bonds. The molecule has 1 rings (SSSR count). The van der Waals surface area contributed by atoms with Crippen LogP contribution < -0.4 is 5.32 Å². The Kier molecular flexibility index (Phi) is 10.5. The van der Waals surface area contributed by atoms with Crippen molar-refractivity contribution in [2.75, 3.05) is 46.5 Å². The molecule has 1 N–H and O–H groups in total. The Labute approximate surface area is 162 Å². The van der Waals surface area contributed by atoms with Crippen molar-refractivity contribution in [2.45, 2.75) is 39.3 Å². The number of carbonyl (C=O) groups excluding carboxylic acids is 1. The van der Waals surface area contributed by atoms with Gasteiger partial charge in [0.15, 0.2) is 0 Å². The number of hydrogen-bond donors (Lipinski definition) is 1. The summed E-state index contributed by atoms with van der Waals surface area (Å²) in [5.74, 6) is 0.520. The molecule has 0 aromatic heterocycles. The van der Waals surface area contributed by atoms with Gasteiger partial charge in [0.25, 0.3) is 0 Å². The van der Waals surface area contributed by atoms with Gasteiger partial charge in [-0.1, -0.05) is 32.9 Å². The summed E-state index contributed by atoms with van der Waals surface area (Å²) in [5, 5.41) is 2.91. The van der Waals surface area contributed by atoms with Crippen LogP contribution in [-0.4, -0.2) is 53.2 Å². The van der Waals surface area contributed by atoms with E-state index >= 15 is 0 Å². The van der Waals surface area contributed by atoms with E-state index in [0.29, 0.717) is 25.6 Å². The lowest BCUT2D eigenvalue weighted by atomic mass is 10.0. The van der Waals surface area contributed by atoms with E-state index in [4.69, 9.17) is 23.7 Å². The van der Waals surface area contributed by atoms with Crippen LogP contribution in [0.1, 0.15) is 38.7 Å². The van der Waals surface area contributed by atoms with E-state index in [-0.39, 0.29) is 18.4 Å². The SMILES string of the molecule is COC(OC)(OC)OCCOCC(C)CC(=O)Nc1ccc(C(C)C)cc1. The molecule has 0 aliphatic carbocycles. The highest BCUT2D eigenvalue weighted by Crippen LogP contribution is 2.18. The molecule has 27 heavy (non-hydrogen) atoms. The number of carbonyl (C=O) groups is 1. The fraction of sp³-hybridized carbons (Fsp3) is 0.650. The van der Waals surface area contributed by atoms with Crippen molar-refractivity contribution in [2.24, 2.45) is 5.92 Å². The first-order valence-electron chi connectivity index (χ1n) is 9.12. The lowest BCUT2D eigenvalue weighted by Crippen LogP contribution is -2.40. The van der Waals surface area contributed by atoms with Gasteiger partial charge in [0.1, 0.15) is 0 Å². The summed E-state index contributed by atoms with van der Waals surface area (Å²) < 4.78 is 26.0. The summed E-state index contributed by atoms with van der Waals surface area (Å²) in [7, 11) is 4.26. The zero-order valence-corrected chi connectivity index (χ0v) is 17.2. The number of amides is 1. The number of methoxy groups -OCH3 is 3. The van der Waals surface area contributed by atoms with Gasteiger partial charge < -0.3 is 29.0 Å². The minimum atomic E-state index is -1.51. The molecule has 0 saturated heterocycles. The monoisotopic (exact) mass is 383 g/mol. The van der Waals surface area contributed by atoms with Gasteiger partial charge in [-0.05, 0) is 29.5 Å². The van der Waals surface area contributed by atoms with Crippen molar-refractivity contribution in [3.05, 3.63) is 29.8 Å². The maximum Gasteiger partial charge on any atom is 0.411 e. The van der Waals surface area contributed by atoms with Crippen molar-refractivity contribution in [1.29, 1.82) is 0 Å². The van der Waals surface area contributed by atoms with Crippen LogP contribution in [0.3, 0.4) is 0 Å². The normalized spacial score (nSPS) is 13.0. The Morgan fingerprint density at radius 2 is 1.59 bits per heavy atom. The zero-order chi connectivity index (χ0) is 20.3. The Bertz CT molecular complexity index is 534. The van der Waals surface area contributed by atoms with Crippen molar-refractivity contribution in [1.82, 2.24) is 0 Å². The number of ether oxygens (including phenoxy) is 5. The molecule has 0 fully saturated rings. The Balaban J connectivity index is 2.25. The van der Waals surface area contributed by atoms with E-state index in [0.717, 1.165) is 5.69 Å². The van der Waals surface area contributed by atoms with E-state index in [1.807, 2.05) is 31.2 Å². The highest BCUT2D eigenvalue weighted by molar-refractivity contribution is 5.90. The van der Waals surface area contributed by atoms with Gasteiger partial charge in [0.2, 0.25) is 5.91 Å². The van der Waals surface area contributed by atoms with Crippen molar-refractivity contribution in [3.8, 4) is 0 Å². The molecular weight excluding hydrogens is 350 g/mol. The van der Waals surface area contributed by atoms with E-state index in [2.05, 4.69) is 19.2 Å². The highest BCUT2D eigenvalue weighted by Gasteiger charge is 2.31. The third-order valence-corrected chi connectivity index (χ3v) is 4.05. The third-order valence-electron chi connectivity index (χ3n) is 4.05. The third kappa shape index (κ3) is 8.36.